The van der Waals surface area contributed by atoms with Crippen LogP contribution in [0, 0.1) is 0 Å². The standard InChI is InChI=1S/C18H33ClN2O6/c1-5-6-12-25-17(24)21-14(15(22)27-18(2,3)4)9-7-8-11-20-16(23)26-13-10-19/h14H,5-13H2,1-4H3,(H,20,23)(H,21,24). The van der Waals surface area contributed by atoms with E-state index in [0.29, 0.717) is 32.4 Å². The zero-order valence-electron chi connectivity index (χ0n) is 16.8. The molecule has 0 bridgehead atoms. The predicted molar refractivity (Wildman–Crippen MR) is 103 cm³/mol. The van der Waals surface area contributed by atoms with Gasteiger partial charge in [-0.15, -0.1) is 11.6 Å². The lowest BCUT2D eigenvalue weighted by atomic mass is 10.1. The number of ether oxygens (including phenoxy) is 3. The first kappa shape index (κ1) is 25.3. The highest BCUT2D eigenvalue weighted by Crippen LogP contribution is 2.11. The van der Waals surface area contributed by atoms with Gasteiger partial charge in [-0.3, -0.25) is 0 Å². The van der Waals surface area contributed by atoms with Gasteiger partial charge in [0.15, 0.2) is 0 Å². The van der Waals surface area contributed by atoms with Crippen molar-refractivity contribution in [2.24, 2.45) is 0 Å². The quantitative estimate of drug-likeness (QED) is 0.222. The third-order valence-electron chi connectivity index (χ3n) is 3.21. The third kappa shape index (κ3) is 15.1. The topological polar surface area (TPSA) is 103 Å². The van der Waals surface area contributed by atoms with Crippen molar-refractivity contribution in [3.8, 4) is 0 Å². The Labute approximate surface area is 166 Å². The normalized spacial score (nSPS) is 12.0. The first-order valence-electron chi connectivity index (χ1n) is 9.32. The summed E-state index contributed by atoms with van der Waals surface area (Å²) in [5.74, 6) is -0.269. The van der Waals surface area contributed by atoms with Crippen molar-refractivity contribution in [1.29, 1.82) is 0 Å². The van der Waals surface area contributed by atoms with Crippen molar-refractivity contribution in [1.82, 2.24) is 10.6 Å². The van der Waals surface area contributed by atoms with Crippen LogP contribution in [-0.2, 0) is 19.0 Å². The number of hydrogen-bond acceptors (Lipinski definition) is 6. The van der Waals surface area contributed by atoms with Gasteiger partial charge in [0.2, 0.25) is 0 Å². The molecule has 2 amide bonds. The summed E-state index contributed by atoms with van der Waals surface area (Å²) in [6.45, 7) is 8.12. The second-order valence-electron chi connectivity index (χ2n) is 6.97. The largest absolute Gasteiger partial charge is 0.458 e. The molecule has 0 saturated carbocycles. The molecular formula is C18H33ClN2O6. The number of carbonyl (C=O) groups excluding carboxylic acids is 3. The van der Waals surface area contributed by atoms with Gasteiger partial charge in [-0.1, -0.05) is 13.3 Å². The zero-order valence-corrected chi connectivity index (χ0v) is 17.5. The van der Waals surface area contributed by atoms with E-state index in [2.05, 4.69) is 10.6 Å². The Hall–Kier alpha value is -1.70. The van der Waals surface area contributed by atoms with Crippen molar-refractivity contribution < 1.29 is 28.6 Å². The first-order chi connectivity index (χ1) is 12.7. The summed E-state index contributed by atoms with van der Waals surface area (Å²) in [4.78, 5) is 35.5. The molecule has 0 radical (unpaired) electrons. The molecule has 1 unspecified atom stereocenters. The highest BCUT2D eigenvalue weighted by molar-refractivity contribution is 6.18. The molecule has 0 aliphatic rings. The van der Waals surface area contributed by atoms with E-state index in [-0.39, 0.29) is 12.5 Å². The molecule has 0 spiro atoms. The molecule has 27 heavy (non-hydrogen) atoms. The maximum absolute atomic E-state index is 12.3. The van der Waals surface area contributed by atoms with Crippen LogP contribution >= 0.6 is 11.6 Å². The van der Waals surface area contributed by atoms with Crippen molar-refractivity contribution in [3.63, 3.8) is 0 Å². The number of nitrogens with one attached hydrogen (secondary N) is 2. The monoisotopic (exact) mass is 408 g/mol. The average Bonchev–Trinajstić information content (AvgIpc) is 2.57. The molecule has 0 heterocycles. The Kier molecular flexibility index (Phi) is 13.5. The number of carbonyl (C=O) groups is 3. The van der Waals surface area contributed by atoms with E-state index < -0.39 is 29.8 Å². The molecule has 0 aromatic carbocycles. The zero-order chi connectivity index (χ0) is 20.7. The van der Waals surface area contributed by atoms with E-state index in [1.54, 1.807) is 20.8 Å². The molecule has 0 aromatic rings. The van der Waals surface area contributed by atoms with Crippen LogP contribution in [-0.4, -0.2) is 55.4 Å². The highest BCUT2D eigenvalue weighted by atomic mass is 35.5. The van der Waals surface area contributed by atoms with Crippen LogP contribution in [0.15, 0.2) is 0 Å². The van der Waals surface area contributed by atoms with Crippen LogP contribution in [0.25, 0.3) is 0 Å². The number of alkyl halides is 1. The fourth-order valence-electron chi connectivity index (χ4n) is 1.96. The molecular weight excluding hydrogens is 376 g/mol. The minimum Gasteiger partial charge on any atom is -0.458 e. The number of halogens is 1. The molecule has 2 N–H and O–H groups in total. The number of unbranched alkanes of at least 4 members (excludes halogenated alkanes) is 2. The van der Waals surface area contributed by atoms with E-state index >= 15 is 0 Å². The summed E-state index contributed by atoms with van der Waals surface area (Å²) in [5, 5.41) is 5.15. The number of esters is 1. The molecule has 0 saturated heterocycles. The second-order valence-corrected chi connectivity index (χ2v) is 7.35. The minimum absolute atomic E-state index is 0.151. The maximum atomic E-state index is 12.3. The predicted octanol–water partition coefficient (Wildman–Crippen LogP) is 3.36. The Bertz CT molecular complexity index is 454. The van der Waals surface area contributed by atoms with Crippen LogP contribution in [0.2, 0.25) is 0 Å². The van der Waals surface area contributed by atoms with E-state index in [1.165, 1.54) is 0 Å². The lowest BCUT2D eigenvalue weighted by molar-refractivity contribution is -0.157. The number of hydrogen-bond donors (Lipinski definition) is 2. The molecule has 0 aliphatic carbocycles. The lowest BCUT2D eigenvalue weighted by Crippen LogP contribution is -2.44. The van der Waals surface area contributed by atoms with Crippen molar-refractivity contribution in [3.05, 3.63) is 0 Å². The Morgan fingerprint density at radius 3 is 2.26 bits per heavy atom. The molecule has 0 aliphatic heterocycles. The molecule has 0 aromatic heterocycles. The second kappa shape index (κ2) is 14.4. The van der Waals surface area contributed by atoms with Crippen LogP contribution in [0.5, 0.6) is 0 Å². The third-order valence-corrected chi connectivity index (χ3v) is 3.37. The summed E-state index contributed by atoms with van der Waals surface area (Å²) in [7, 11) is 0. The summed E-state index contributed by atoms with van der Waals surface area (Å²) < 4.78 is 15.2. The van der Waals surface area contributed by atoms with Gasteiger partial charge in [0, 0.05) is 6.54 Å². The number of alkyl carbamates (subject to hydrolysis) is 2. The van der Waals surface area contributed by atoms with Crippen molar-refractivity contribution in [2.45, 2.75) is 71.4 Å². The summed E-state index contributed by atoms with van der Waals surface area (Å²) >= 11 is 5.43. The Morgan fingerprint density at radius 2 is 1.67 bits per heavy atom. The van der Waals surface area contributed by atoms with Gasteiger partial charge in [-0.05, 0) is 46.5 Å². The first-order valence-corrected chi connectivity index (χ1v) is 9.85. The van der Waals surface area contributed by atoms with Gasteiger partial charge in [0.05, 0.1) is 12.5 Å². The van der Waals surface area contributed by atoms with E-state index in [4.69, 9.17) is 25.8 Å². The van der Waals surface area contributed by atoms with Gasteiger partial charge in [-0.2, -0.15) is 0 Å². The Balaban J connectivity index is 4.39. The number of amides is 2. The molecule has 158 valence electrons. The van der Waals surface area contributed by atoms with Gasteiger partial charge >= 0.3 is 18.2 Å². The van der Waals surface area contributed by atoms with Gasteiger partial charge in [0.1, 0.15) is 18.2 Å². The van der Waals surface area contributed by atoms with E-state index in [1.807, 2.05) is 6.92 Å². The summed E-state index contributed by atoms with van der Waals surface area (Å²) in [6.07, 6.45) is 2.07. The van der Waals surface area contributed by atoms with E-state index in [0.717, 1.165) is 12.8 Å². The smallest absolute Gasteiger partial charge is 0.407 e. The van der Waals surface area contributed by atoms with Crippen molar-refractivity contribution in [2.75, 3.05) is 25.6 Å². The molecule has 0 rings (SSSR count). The van der Waals surface area contributed by atoms with Gasteiger partial charge < -0.3 is 24.8 Å². The summed E-state index contributed by atoms with van der Waals surface area (Å²) in [5.41, 5.74) is -0.656. The fraction of sp³-hybridized carbons (Fsp3) is 0.833. The van der Waals surface area contributed by atoms with Crippen LogP contribution in [0.4, 0.5) is 9.59 Å². The fourth-order valence-corrected chi connectivity index (χ4v) is 2.04. The lowest BCUT2D eigenvalue weighted by Gasteiger charge is -2.24. The van der Waals surface area contributed by atoms with Crippen LogP contribution in [0.3, 0.4) is 0 Å². The maximum Gasteiger partial charge on any atom is 0.407 e. The molecule has 9 heteroatoms. The van der Waals surface area contributed by atoms with Gasteiger partial charge in [-0.25, -0.2) is 14.4 Å². The van der Waals surface area contributed by atoms with Gasteiger partial charge in [0.25, 0.3) is 0 Å². The van der Waals surface area contributed by atoms with Crippen LogP contribution in [0.1, 0.15) is 59.8 Å². The SMILES string of the molecule is CCCCOC(=O)NC(CCCCNC(=O)OCCCl)C(=O)OC(C)(C)C. The van der Waals surface area contributed by atoms with E-state index in [9.17, 15) is 14.4 Å². The van der Waals surface area contributed by atoms with Crippen molar-refractivity contribution >= 4 is 29.8 Å². The Morgan fingerprint density at radius 1 is 1.00 bits per heavy atom. The molecule has 8 nitrogen and oxygen atoms in total. The molecule has 0 fully saturated rings. The van der Waals surface area contributed by atoms with Crippen LogP contribution < -0.4 is 10.6 Å². The number of rotatable bonds is 12. The summed E-state index contributed by atoms with van der Waals surface area (Å²) in [6, 6.07) is -0.804. The minimum atomic E-state index is -0.804. The molecule has 1 atom stereocenters. The highest BCUT2D eigenvalue weighted by Gasteiger charge is 2.26. The average molecular weight is 409 g/mol.